The molecule has 52 valence electrons. The van der Waals surface area contributed by atoms with E-state index < -0.39 is 12.6 Å². The highest BCUT2D eigenvalue weighted by molar-refractivity contribution is 5.85. The van der Waals surface area contributed by atoms with Gasteiger partial charge in [-0.05, 0) is 13.3 Å². The summed E-state index contributed by atoms with van der Waals surface area (Å²) in [6, 6.07) is 0. The Bertz CT molecular complexity index is 129. The van der Waals surface area contributed by atoms with Gasteiger partial charge in [0.2, 0.25) is 0 Å². The van der Waals surface area contributed by atoms with Crippen molar-refractivity contribution < 1.29 is 14.3 Å². The van der Waals surface area contributed by atoms with Crippen LogP contribution < -0.4 is 0 Å². The molecule has 0 atom stereocenters. The fourth-order valence-electron chi connectivity index (χ4n) is 0.358. The maximum atomic E-state index is 11.4. The Labute approximate surface area is 53.0 Å². The largest absolute Gasteiger partial charge is 0.478 e. The Balaban J connectivity index is 3.69. The van der Waals surface area contributed by atoms with Crippen LogP contribution in [0.15, 0.2) is 11.6 Å². The molecule has 0 bridgehead atoms. The lowest BCUT2D eigenvalue weighted by Gasteiger charge is -1.88. The number of hydrogen-bond donors (Lipinski definition) is 1. The van der Waals surface area contributed by atoms with Crippen LogP contribution in [-0.4, -0.2) is 17.8 Å². The fraction of sp³-hybridized carbons (Fsp3) is 0.500. The Morgan fingerprint density at radius 2 is 2.33 bits per heavy atom. The molecule has 0 aliphatic rings. The number of hydrogen-bond acceptors (Lipinski definition) is 1. The van der Waals surface area contributed by atoms with Crippen LogP contribution in [0.5, 0.6) is 0 Å². The Morgan fingerprint density at radius 1 is 1.78 bits per heavy atom. The molecule has 0 aromatic rings. The number of carboxylic acids is 1. The van der Waals surface area contributed by atoms with Crippen LogP contribution in [-0.2, 0) is 4.79 Å². The average molecular weight is 132 g/mol. The SMILES string of the molecule is C/C(=C\CCF)C(=O)O. The molecule has 2 nitrogen and oxygen atoms in total. The van der Waals surface area contributed by atoms with Crippen molar-refractivity contribution in [3.63, 3.8) is 0 Å². The standard InChI is InChI=1S/C6H9FO2/c1-5(6(8)9)3-2-4-7/h3H,2,4H2,1H3,(H,8,9)/b5-3+. The van der Waals surface area contributed by atoms with Crippen molar-refractivity contribution in [2.45, 2.75) is 13.3 Å². The Morgan fingerprint density at radius 3 is 2.67 bits per heavy atom. The van der Waals surface area contributed by atoms with E-state index in [2.05, 4.69) is 0 Å². The minimum atomic E-state index is -0.983. The average Bonchev–Trinajstić information content (AvgIpc) is 1.82. The summed E-state index contributed by atoms with van der Waals surface area (Å²) in [6.45, 7) is 0.947. The van der Waals surface area contributed by atoms with Gasteiger partial charge < -0.3 is 5.11 Å². The summed E-state index contributed by atoms with van der Waals surface area (Å²) in [7, 11) is 0. The summed E-state index contributed by atoms with van der Waals surface area (Å²) in [5.74, 6) is -0.983. The van der Waals surface area contributed by atoms with Crippen molar-refractivity contribution in [1.82, 2.24) is 0 Å². The molecule has 0 radical (unpaired) electrons. The highest BCUT2D eigenvalue weighted by atomic mass is 19.1. The van der Waals surface area contributed by atoms with E-state index in [1.165, 1.54) is 13.0 Å². The molecule has 0 aromatic heterocycles. The Kier molecular flexibility index (Phi) is 3.67. The topological polar surface area (TPSA) is 37.3 Å². The van der Waals surface area contributed by atoms with E-state index in [9.17, 15) is 9.18 Å². The molecule has 0 rings (SSSR count). The van der Waals surface area contributed by atoms with E-state index in [0.717, 1.165) is 0 Å². The molecular weight excluding hydrogens is 123 g/mol. The molecule has 9 heavy (non-hydrogen) atoms. The number of alkyl halides is 1. The van der Waals surface area contributed by atoms with E-state index in [1.54, 1.807) is 0 Å². The zero-order valence-electron chi connectivity index (χ0n) is 5.22. The second kappa shape index (κ2) is 4.06. The fourth-order valence-corrected chi connectivity index (χ4v) is 0.358. The molecule has 0 spiro atoms. The van der Waals surface area contributed by atoms with Gasteiger partial charge in [-0.25, -0.2) is 4.79 Å². The predicted octanol–water partition coefficient (Wildman–Crippen LogP) is 1.38. The van der Waals surface area contributed by atoms with Crippen LogP contribution in [0, 0.1) is 0 Å². The van der Waals surface area contributed by atoms with Crippen LogP contribution in [0.25, 0.3) is 0 Å². The lowest BCUT2D eigenvalue weighted by molar-refractivity contribution is -0.132. The molecule has 0 unspecified atom stereocenters. The van der Waals surface area contributed by atoms with Gasteiger partial charge in [0.25, 0.3) is 0 Å². The van der Waals surface area contributed by atoms with E-state index in [0.29, 0.717) is 0 Å². The first-order valence-corrected chi connectivity index (χ1v) is 2.64. The van der Waals surface area contributed by atoms with Crippen molar-refractivity contribution >= 4 is 5.97 Å². The molecule has 0 amide bonds. The normalized spacial score (nSPS) is 11.6. The molecule has 0 fully saturated rings. The molecule has 0 aliphatic carbocycles. The second-order valence-electron chi connectivity index (χ2n) is 1.67. The van der Waals surface area contributed by atoms with Gasteiger partial charge >= 0.3 is 5.97 Å². The molecule has 0 saturated heterocycles. The van der Waals surface area contributed by atoms with Gasteiger partial charge in [-0.15, -0.1) is 0 Å². The summed E-state index contributed by atoms with van der Waals surface area (Å²) < 4.78 is 11.4. The van der Waals surface area contributed by atoms with Crippen LogP contribution in [0.4, 0.5) is 4.39 Å². The smallest absolute Gasteiger partial charge is 0.330 e. The minimum absolute atomic E-state index is 0.193. The lowest BCUT2D eigenvalue weighted by atomic mass is 10.2. The van der Waals surface area contributed by atoms with Gasteiger partial charge in [0.1, 0.15) is 0 Å². The highest BCUT2D eigenvalue weighted by Gasteiger charge is 1.96. The van der Waals surface area contributed by atoms with Gasteiger partial charge in [0.15, 0.2) is 0 Å². The van der Waals surface area contributed by atoms with Crippen molar-refractivity contribution in [3.05, 3.63) is 11.6 Å². The number of allylic oxidation sites excluding steroid dienone is 1. The summed E-state index contributed by atoms with van der Waals surface area (Å²) >= 11 is 0. The quantitative estimate of drug-likeness (QED) is 0.589. The van der Waals surface area contributed by atoms with Crippen LogP contribution in [0.1, 0.15) is 13.3 Å². The number of aliphatic carboxylic acids is 1. The third-order valence-corrected chi connectivity index (χ3v) is 0.897. The molecule has 3 heteroatoms. The van der Waals surface area contributed by atoms with E-state index in [4.69, 9.17) is 5.11 Å². The molecular formula is C6H9FO2. The second-order valence-corrected chi connectivity index (χ2v) is 1.67. The van der Waals surface area contributed by atoms with Crippen LogP contribution >= 0.6 is 0 Å². The molecule has 0 saturated carbocycles. The number of rotatable bonds is 3. The number of carbonyl (C=O) groups is 1. The van der Waals surface area contributed by atoms with Crippen molar-refractivity contribution in [2.24, 2.45) is 0 Å². The van der Waals surface area contributed by atoms with Crippen molar-refractivity contribution in [3.8, 4) is 0 Å². The molecule has 0 aliphatic heterocycles. The maximum Gasteiger partial charge on any atom is 0.330 e. The molecule has 0 aromatic carbocycles. The van der Waals surface area contributed by atoms with E-state index in [-0.39, 0.29) is 12.0 Å². The number of carboxylic acid groups (broad SMARTS) is 1. The van der Waals surface area contributed by atoms with Gasteiger partial charge in [-0.3, -0.25) is 4.39 Å². The summed E-state index contributed by atoms with van der Waals surface area (Å²) in [6.07, 6.45) is 1.56. The third kappa shape index (κ3) is 3.70. The molecule has 1 N–H and O–H groups in total. The molecule has 0 heterocycles. The maximum absolute atomic E-state index is 11.4. The van der Waals surface area contributed by atoms with Crippen LogP contribution in [0.3, 0.4) is 0 Å². The zero-order valence-corrected chi connectivity index (χ0v) is 5.22. The lowest BCUT2D eigenvalue weighted by Crippen LogP contribution is -1.95. The highest BCUT2D eigenvalue weighted by Crippen LogP contribution is 1.94. The Hall–Kier alpha value is -0.860. The summed E-state index contributed by atoms with van der Waals surface area (Å²) in [5, 5.41) is 8.22. The summed E-state index contributed by atoms with van der Waals surface area (Å²) in [4.78, 5) is 10.0. The zero-order chi connectivity index (χ0) is 7.28. The minimum Gasteiger partial charge on any atom is -0.478 e. The predicted molar refractivity (Wildman–Crippen MR) is 32.0 cm³/mol. The van der Waals surface area contributed by atoms with Crippen molar-refractivity contribution in [2.75, 3.05) is 6.67 Å². The number of halogens is 1. The van der Waals surface area contributed by atoms with Crippen molar-refractivity contribution in [1.29, 1.82) is 0 Å². The van der Waals surface area contributed by atoms with Gasteiger partial charge in [0, 0.05) is 5.57 Å². The van der Waals surface area contributed by atoms with E-state index >= 15 is 0 Å². The first-order chi connectivity index (χ1) is 4.18. The van der Waals surface area contributed by atoms with Crippen LogP contribution in [0.2, 0.25) is 0 Å². The first-order valence-electron chi connectivity index (χ1n) is 2.64. The first kappa shape index (κ1) is 8.14. The monoisotopic (exact) mass is 132 g/mol. The van der Waals surface area contributed by atoms with E-state index in [1.807, 2.05) is 0 Å². The third-order valence-electron chi connectivity index (χ3n) is 0.897. The van der Waals surface area contributed by atoms with Gasteiger partial charge in [0.05, 0.1) is 6.67 Å². The van der Waals surface area contributed by atoms with Gasteiger partial charge in [-0.2, -0.15) is 0 Å². The summed E-state index contributed by atoms with van der Waals surface area (Å²) in [5.41, 5.74) is 0.202. The van der Waals surface area contributed by atoms with Gasteiger partial charge in [-0.1, -0.05) is 6.08 Å².